The smallest absolute Gasteiger partial charge is 0.305 e. The highest BCUT2D eigenvalue weighted by atomic mass is 35.5. The molecule has 3 aromatic rings. The summed E-state index contributed by atoms with van der Waals surface area (Å²) in [5.74, 6) is -0.196. The number of carbonyl (C=O) groups is 1. The quantitative estimate of drug-likeness (QED) is 0.399. The number of nitrogens with two attached hydrogens (primary N) is 1. The first-order valence-electron chi connectivity index (χ1n) is 11.2. The Morgan fingerprint density at radius 1 is 1.00 bits per heavy atom. The van der Waals surface area contributed by atoms with Crippen LogP contribution in [0.5, 0.6) is 0 Å². The lowest BCUT2D eigenvalue weighted by Gasteiger charge is -2.36. The van der Waals surface area contributed by atoms with Gasteiger partial charge in [-0.1, -0.05) is 30.3 Å². The first-order valence-corrected chi connectivity index (χ1v) is 12.7. The molecule has 1 fully saturated rings. The molecule has 0 amide bonds. The molecule has 0 saturated carbocycles. The number of aromatic amines is 1. The van der Waals surface area contributed by atoms with Crippen molar-refractivity contribution in [3.8, 4) is 0 Å². The van der Waals surface area contributed by atoms with E-state index in [0.717, 1.165) is 37.4 Å². The van der Waals surface area contributed by atoms with Gasteiger partial charge >= 0.3 is 5.97 Å². The minimum Gasteiger partial charge on any atom is -0.464 e. The number of sulfone groups is 1. The van der Waals surface area contributed by atoms with Crippen molar-refractivity contribution in [3.63, 3.8) is 0 Å². The summed E-state index contributed by atoms with van der Waals surface area (Å²) in [4.78, 5) is 19.9. The maximum Gasteiger partial charge on any atom is 0.305 e. The van der Waals surface area contributed by atoms with E-state index >= 15 is 0 Å². The number of carbonyl (C=O) groups excluding carboxylic acids is 1. The molecule has 0 atom stereocenters. The van der Waals surface area contributed by atoms with E-state index < -0.39 is 9.84 Å². The van der Waals surface area contributed by atoms with Gasteiger partial charge in [0.1, 0.15) is 6.61 Å². The Balaban J connectivity index is 0.00000216. The van der Waals surface area contributed by atoms with Gasteiger partial charge in [-0.2, -0.15) is 0 Å². The van der Waals surface area contributed by atoms with Crippen molar-refractivity contribution in [1.82, 2.24) is 9.88 Å². The van der Waals surface area contributed by atoms with E-state index in [9.17, 15) is 13.2 Å². The summed E-state index contributed by atoms with van der Waals surface area (Å²) in [5, 5.41) is 0.697. The fourth-order valence-electron chi connectivity index (χ4n) is 4.14. The minimum absolute atomic E-state index is 0. The number of rotatable bonds is 9. The molecule has 2 heterocycles. The van der Waals surface area contributed by atoms with Crippen molar-refractivity contribution < 1.29 is 17.9 Å². The van der Waals surface area contributed by atoms with E-state index in [1.807, 2.05) is 18.2 Å². The van der Waals surface area contributed by atoms with Gasteiger partial charge < -0.3 is 20.4 Å². The Bertz CT molecular complexity index is 1200. The molecule has 0 spiro atoms. The predicted octanol–water partition coefficient (Wildman–Crippen LogP) is 3.25. The first kappa shape index (κ1) is 28.9. The molecule has 3 N–H and O–H groups in total. The molecule has 8 nitrogen and oxygen atoms in total. The van der Waals surface area contributed by atoms with Crippen LogP contribution in [0, 0.1) is 0 Å². The van der Waals surface area contributed by atoms with Crippen molar-refractivity contribution in [2.45, 2.75) is 22.6 Å². The number of ether oxygens (including phenoxy) is 1. The van der Waals surface area contributed by atoms with Gasteiger partial charge in [-0.25, -0.2) is 8.42 Å². The molecule has 0 bridgehead atoms. The molecule has 35 heavy (non-hydrogen) atoms. The Kier molecular flexibility index (Phi) is 10.9. The summed E-state index contributed by atoms with van der Waals surface area (Å²) in [6.07, 6.45) is 2.61. The average molecular weight is 544 g/mol. The maximum atomic E-state index is 13.2. The van der Waals surface area contributed by atoms with Crippen LogP contribution in [0.4, 0.5) is 5.69 Å². The highest BCUT2D eigenvalue weighted by Gasteiger charge is 2.24. The number of hydrogen-bond acceptors (Lipinski definition) is 7. The number of halogens is 2. The van der Waals surface area contributed by atoms with Crippen LogP contribution in [0.1, 0.15) is 12.8 Å². The van der Waals surface area contributed by atoms with Gasteiger partial charge in [0.2, 0.25) is 9.84 Å². The van der Waals surface area contributed by atoms with Gasteiger partial charge in [0.25, 0.3) is 0 Å². The maximum absolute atomic E-state index is 13.2. The Hall–Kier alpha value is -2.30. The second kappa shape index (κ2) is 13.1. The zero-order valence-electron chi connectivity index (χ0n) is 19.4. The second-order valence-corrected chi connectivity index (χ2v) is 10.0. The van der Waals surface area contributed by atoms with Crippen LogP contribution in [-0.4, -0.2) is 70.1 Å². The third kappa shape index (κ3) is 6.68. The van der Waals surface area contributed by atoms with Crippen LogP contribution in [0.3, 0.4) is 0 Å². The molecule has 1 aromatic heterocycles. The van der Waals surface area contributed by atoms with Gasteiger partial charge in [-0.15, -0.1) is 24.8 Å². The van der Waals surface area contributed by atoms with Crippen molar-refractivity contribution in [2.75, 3.05) is 50.8 Å². The standard InChI is InChI=1S/C24H30N4O4S.2ClH/c25-11-5-10-23(29)32-17-16-27-12-14-28(15-13-27)21-9-4-8-20-22(18-26-24(20)21)33(30,31)19-6-2-1-3-7-19;;/h1-4,6-9,18,26H,5,10-17,25H2;2*1H. The van der Waals surface area contributed by atoms with E-state index in [4.69, 9.17) is 10.5 Å². The van der Waals surface area contributed by atoms with Crippen LogP contribution in [0.25, 0.3) is 10.9 Å². The van der Waals surface area contributed by atoms with Gasteiger partial charge in [0.15, 0.2) is 0 Å². The van der Waals surface area contributed by atoms with E-state index in [2.05, 4.69) is 14.8 Å². The minimum atomic E-state index is -3.61. The first-order chi connectivity index (χ1) is 16.0. The second-order valence-electron chi connectivity index (χ2n) is 8.11. The molecule has 192 valence electrons. The Labute approximate surface area is 218 Å². The molecule has 4 rings (SSSR count). The summed E-state index contributed by atoms with van der Waals surface area (Å²) in [6.45, 7) is 4.87. The Morgan fingerprint density at radius 2 is 1.71 bits per heavy atom. The molecule has 1 saturated heterocycles. The highest BCUT2D eigenvalue weighted by Crippen LogP contribution is 2.33. The van der Waals surface area contributed by atoms with E-state index in [-0.39, 0.29) is 35.7 Å². The Morgan fingerprint density at radius 3 is 2.40 bits per heavy atom. The number of H-pyrrole nitrogens is 1. The fourth-order valence-corrected chi connectivity index (χ4v) is 5.59. The van der Waals surface area contributed by atoms with Crippen LogP contribution in [0.2, 0.25) is 0 Å². The van der Waals surface area contributed by atoms with Crippen molar-refractivity contribution in [2.24, 2.45) is 5.73 Å². The lowest BCUT2D eigenvalue weighted by Crippen LogP contribution is -2.47. The summed E-state index contributed by atoms with van der Waals surface area (Å²) in [6, 6.07) is 14.3. The van der Waals surface area contributed by atoms with E-state index in [1.54, 1.807) is 36.5 Å². The summed E-state index contributed by atoms with van der Waals surface area (Å²) in [7, 11) is -3.61. The molecular weight excluding hydrogens is 511 g/mol. The molecule has 2 aromatic carbocycles. The molecule has 1 aliphatic heterocycles. The zero-order valence-corrected chi connectivity index (χ0v) is 21.8. The van der Waals surface area contributed by atoms with Crippen LogP contribution in [0.15, 0.2) is 64.5 Å². The predicted molar refractivity (Wildman–Crippen MR) is 143 cm³/mol. The average Bonchev–Trinajstić information content (AvgIpc) is 3.29. The molecular formula is C24H32Cl2N4O4S. The van der Waals surface area contributed by atoms with Crippen LogP contribution < -0.4 is 10.6 Å². The SMILES string of the molecule is Cl.Cl.NCCCC(=O)OCCN1CCN(c2cccc3c(S(=O)(=O)c4ccccc4)c[nH]c23)CC1. The van der Waals surface area contributed by atoms with Crippen LogP contribution >= 0.6 is 24.8 Å². The van der Waals surface area contributed by atoms with E-state index in [0.29, 0.717) is 42.8 Å². The molecule has 0 radical (unpaired) electrons. The number of nitrogens with one attached hydrogen (secondary N) is 1. The molecule has 1 aliphatic rings. The van der Waals surface area contributed by atoms with E-state index in [1.165, 1.54) is 0 Å². The zero-order chi connectivity index (χ0) is 23.3. The van der Waals surface area contributed by atoms with Gasteiger partial charge in [0.05, 0.1) is 21.0 Å². The summed E-state index contributed by atoms with van der Waals surface area (Å²) >= 11 is 0. The highest BCUT2D eigenvalue weighted by molar-refractivity contribution is 7.91. The third-order valence-corrected chi connectivity index (χ3v) is 7.78. The number of piperazine rings is 1. The van der Waals surface area contributed by atoms with Gasteiger partial charge in [-0.05, 0) is 31.2 Å². The number of anilines is 1. The van der Waals surface area contributed by atoms with Crippen molar-refractivity contribution in [3.05, 3.63) is 54.7 Å². The molecule has 11 heteroatoms. The molecule has 0 aliphatic carbocycles. The van der Waals surface area contributed by atoms with Gasteiger partial charge in [0, 0.05) is 50.7 Å². The lowest BCUT2D eigenvalue weighted by molar-refractivity contribution is -0.144. The number of benzene rings is 2. The number of hydrogen-bond donors (Lipinski definition) is 2. The van der Waals surface area contributed by atoms with Crippen molar-refractivity contribution in [1.29, 1.82) is 0 Å². The fraction of sp³-hybridized carbons (Fsp3) is 0.375. The largest absolute Gasteiger partial charge is 0.464 e. The van der Waals surface area contributed by atoms with Crippen LogP contribution in [-0.2, 0) is 19.4 Å². The number of fused-ring (bicyclic) bond motifs is 1. The monoisotopic (exact) mass is 542 g/mol. The molecule has 0 unspecified atom stereocenters. The number of nitrogens with zero attached hydrogens (tertiary/aromatic N) is 2. The number of esters is 1. The van der Waals surface area contributed by atoms with Gasteiger partial charge in [-0.3, -0.25) is 9.69 Å². The lowest BCUT2D eigenvalue weighted by atomic mass is 10.2. The summed E-state index contributed by atoms with van der Waals surface area (Å²) < 4.78 is 31.6. The third-order valence-electron chi connectivity index (χ3n) is 5.97. The topological polar surface area (TPSA) is 109 Å². The van der Waals surface area contributed by atoms with Crippen molar-refractivity contribution >= 4 is 57.2 Å². The normalized spacial score (nSPS) is 14.3. The number of para-hydroxylation sites is 1. The number of aromatic nitrogens is 1. The summed E-state index contributed by atoms with van der Waals surface area (Å²) in [5.41, 5.74) is 7.24.